The first-order chi connectivity index (χ1) is 14.6. The summed E-state index contributed by atoms with van der Waals surface area (Å²) in [6.07, 6.45) is 2.78. The van der Waals surface area contributed by atoms with Gasteiger partial charge in [0.05, 0.1) is 5.69 Å². The molecule has 5 heteroatoms. The second kappa shape index (κ2) is 8.91. The van der Waals surface area contributed by atoms with Crippen LogP contribution in [0.3, 0.4) is 0 Å². The van der Waals surface area contributed by atoms with Crippen LogP contribution in [0.2, 0.25) is 0 Å². The van der Waals surface area contributed by atoms with Gasteiger partial charge in [-0.3, -0.25) is 4.79 Å². The zero-order valence-corrected chi connectivity index (χ0v) is 16.9. The smallest absolute Gasteiger partial charge is 0.221 e. The number of nitrogens with zero attached hydrogens (tertiary/aromatic N) is 2. The Bertz CT molecular complexity index is 1150. The third kappa shape index (κ3) is 4.40. The molecule has 1 amide bonds. The zero-order chi connectivity index (χ0) is 20.9. The highest BCUT2D eigenvalue weighted by molar-refractivity contribution is 5.77. The number of amides is 1. The van der Waals surface area contributed by atoms with Crippen molar-refractivity contribution in [3.63, 3.8) is 0 Å². The van der Waals surface area contributed by atoms with E-state index in [1.807, 2.05) is 65.9 Å². The second-order valence-corrected chi connectivity index (χ2v) is 7.44. The SMILES string of the molecule is Cc1cccc2ncc(C(CC(=O)NCCc3ccccc3)c3cccc(F)c3)n12. The summed E-state index contributed by atoms with van der Waals surface area (Å²) in [5.41, 5.74) is 4.66. The van der Waals surface area contributed by atoms with Crippen LogP contribution in [-0.4, -0.2) is 21.8 Å². The number of hydrogen-bond acceptors (Lipinski definition) is 2. The van der Waals surface area contributed by atoms with Crippen LogP contribution in [0, 0.1) is 12.7 Å². The Labute approximate surface area is 175 Å². The van der Waals surface area contributed by atoms with E-state index in [1.165, 1.54) is 17.7 Å². The number of fused-ring (bicyclic) bond motifs is 1. The van der Waals surface area contributed by atoms with Crippen molar-refractivity contribution in [3.05, 3.63) is 107 Å². The number of pyridine rings is 1. The largest absolute Gasteiger partial charge is 0.356 e. The minimum absolute atomic E-state index is 0.0660. The average molecular weight is 401 g/mol. The Morgan fingerprint density at radius 1 is 1.07 bits per heavy atom. The first kappa shape index (κ1) is 19.8. The van der Waals surface area contributed by atoms with Gasteiger partial charge in [-0.2, -0.15) is 0 Å². The number of rotatable bonds is 7. The number of carbonyl (C=O) groups excluding carboxylic acids is 1. The van der Waals surface area contributed by atoms with Gasteiger partial charge in [-0.05, 0) is 48.7 Å². The predicted molar refractivity (Wildman–Crippen MR) is 116 cm³/mol. The number of aryl methyl sites for hydroxylation is 1. The minimum atomic E-state index is -0.312. The van der Waals surface area contributed by atoms with Crippen molar-refractivity contribution in [2.24, 2.45) is 0 Å². The second-order valence-electron chi connectivity index (χ2n) is 7.44. The summed E-state index contributed by atoms with van der Waals surface area (Å²) in [7, 11) is 0. The standard InChI is InChI=1S/C25H24FN3O/c1-18-7-5-12-24-28-17-23(29(18)24)22(20-10-6-11-21(26)15-20)16-25(30)27-14-13-19-8-3-2-4-9-19/h2-12,15,17,22H,13-14,16H2,1H3,(H,27,30). The molecule has 2 heterocycles. The average Bonchev–Trinajstić information content (AvgIpc) is 3.18. The third-order valence-corrected chi connectivity index (χ3v) is 5.33. The lowest BCUT2D eigenvalue weighted by molar-refractivity contribution is -0.121. The van der Waals surface area contributed by atoms with Crippen molar-refractivity contribution in [1.82, 2.24) is 14.7 Å². The first-order valence-corrected chi connectivity index (χ1v) is 10.1. The number of nitrogens with one attached hydrogen (secondary N) is 1. The van der Waals surface area contributed by atoms with Crippen molar-refractivity contribution in [1.29, 1.82) is 0 Å². The Kier molecular flexibility index (Phi) is 5.89. The Balaban J connectivity index is 1.57. The fourth-order valence-electron chi connectivity index (χ4n) is 3.84. The molecule has 0 spiro atoms. The topological polar surface area (TPSA) is 46.4 Å². The van der Waals surface area contributed by atoms with Gasteiger partial charge in [0.2, 0.25) is 5.91 Å². The molecule has 0 saturated carbocycles. The summed E-state index contributed by atoms with van der Waals surface area (Å²) in [5, 5.41) is 3.01. The maximum absolute atomic E-state index is 14.0. The lowest BCUT2D eigenvalue weighted by Crippen LogP contribution is -2.27. The highest BCUT2D eigenvalue weighted by Gasteiger charge is 2.22. The molecule has 0 aliphatic carbocycles. The number of hydrogen-bond donors (Lipinski definition) is 1. The van der Waals surface area contributed by atoms with Gasteiger partial charge < -0.3 is 9.72 Å². The van der Waals surface area contributed by atoms with E-state index in [4.69, 9.17) is 0 Å². The van der Waals surface area contributed by atoms with Crippen molar-refractivity contribution in [2.75, 3.05) is 6.54 Å². The minimum Gasteiger partial charge on any atom is -0.356 e. The van der Waals surface area contributed by atoms with Crippen LogP contribution in [0.4, 0.5) is 4.39 Å². The van der Waals surface area contributed by atoms with Gasteiger partial charge in [-0.25, -0.2) is 9.37 Å². The van der Waals surface area contributed by atoms with Crippen LogP contribution >= 0.6 is 0 Å². The van der Waals surface area contributed by atoms with Crippen molar-refractivity contribution < 1.29 is 9.18 Å². The van der Waals surface area contributed by atoms with E-state index < -0.39 is 0 Å². The van der Waals surface area contributed by atoms with E-state index in [9.17, 15) is 9.18 Å². The lowest BCUT2D eigenvalue weighted by Gasteiger charge is -2.18. The van der Waals surface area contributed by atoms with E-state index in [0.717, 1.165) is 29.0 Å². The number of aromatic nitrogens is 2. The molecule has 30 heavy (non-hydrogen) atoms. The summed E-state index contributed by atoms with van der Waals surface area (Å²) in [4.78, 5) is 17.3. The van der Waals surface area contributed by atoms with Crippen molar-refractivity contribution in [2.45, 2.75) is 25.7 Å². The molecule has 1 N–H and O–H groups in total. The van der Waals surface area contributed by atoms with Crippen molar-refractivity contribution in [3.8, 4) is 0 Å². The molecule has 2 aromatic heterocycles. The van der Waals surface area contributed by atoms with E-state index >= 15 is 0 Å². The maximum atomic E-state index is 14.0. The molecule has 4 aromatic rings. The molecule has 0 radical (unpaired) electrons. The van der Waals surface area contributed by atoms with Gasteiger partial charge in [0.25, 0.3) is 0 Å². The summed E-state index contributed by atoms with van der Waals surface area (Å²) >= 11 is 0. The van der Waals surface area contributed by atoms with Gasteiger partial charge in [0.1, 0.15) is 11.5 Å². The molecule has 4 rings (SSSR count). The van der Waals surface area contributed by atoms with Crippen LogP contribution in [0.5, 0.6) is 0 Å². The highest BCUT2D eigenvalue weighted by Crippen LogP contribution is 2.30. The molecule has 2 aromatic carbocycles. The molecule has 0 fully saturated rings. The van der Waals surface area contributed by atoms with Crippen LogP contribution in [0.1, 0.15) is 34.9 Å². The third-order valence-electron chi connectivity index (χ3n) is 5.33. The van der Waals surface area contributed by atoms with Gasteiger partial charge in [-0.1, -0.05) is 48.5 Å². The van der Waals surface area contributed by atoms with Crippen LogP contribution in [0.15, 0.2) is 79.0 Å². The molecule has 152 valence electrons. The molecule has 4 nitrogen and oxygen atoms in total. The van der Waals surface area contributed by atoms with E-state index in [-0.39, 0.29) is 24.1 Å². The number of halogens is 1. The van der Waals surface area contributed by atoms with Crippen LogP contribution < -0.4 is 5.32 Å². The van der Waals surface area contributed by atoms with Gasteiger partial charge in [0.15, 0.2) is 0 Å². The molecule has 0 aliphatic heterocycles. The van der Waals surface area contributed by atoms with Gasteiger partial charge in [-0.15, -0.1) is 0 Å². The molecular weight excluding hydrogens is 377 g/mol. The van der Waals surface area contributed by atoms with E-state index in [2.05, 4.69) is 10.3 Å². The van der Waals surface area contributed by atoms with Gasteiger partial charge >= 0.3 is 0 Å². The summed E-state index contributed by atoms with van der Waals surface area (Å²) in [6.45, 7) is 2.56. The quantitative estimate of drug-likeness (QED) is 0.489. The molecule has 0 bridgehead atoms. The summed E-state index contributed by atoms with van der Waals surface area (Å²) < 4.78 is 16.0. The number of benzene rings is 2. The fourth-order valence-corrected chi connectivity index (χ4v) is 3.84. The molecule has 1 atom stereocenters. The van der Waals surface area contributed by atoms with Gasteiger partial charge in [0, 0.05) is 30.8 Å². The number of imidazole rings is 1. The summed E-state index contributed by atoms with van der Waals surface area (Å²) in [5.74, 6) is -0.676. The zero-order valence-electron chi connectivity index (χ0n) is 16.9. The number of carbonyl (C=O) groups is 1. The molecule has 1 unspecified atom stereocenters. The van der Waals surface area contributed by atoms with Crippen LogP contribution in [0.25, 0.3) is 5.65 Å². The van der Waals surface area contributed by atoms with Crippen LogP contribution in [-0.2, 0) is 11.2 Å². The van der Waals surface area contributed by atoms with E-state index in [0.29, 0.717) is 6.54 Å². The molecule has 0 aliphatic rings. The summed E-state index contributed by atoms with van der Waals surface area (Å²) in [6, 6.07) is 22.4. The highest BCUT2D eigenvalue weighted by atomic mass is 19.1. The monoisotopic (exact) mass is 401 g/mol. The molecular formula is C25H24FN3O. The Morgan fingerprint density at radius 3 is 2.67 bits per heavy atom. The van der Waals surface area contributed by atoms with E-state index in [1.54, 1.807) is 12.3 Å². The first-order valence-electron chi connectivity index (χ1n) is 10.1. The van der Waals surface area contributed by atoms with Crippen molar-refractivity contribution >= 4 is 11.6 Å². The Hall–Kier alpha value is -3.47. The normalized spacial score (nSPS) is 12.1. The lowest BCUT2D eigenvalue weighted by atomic mass is 9.92. The fraction of sp³-hybridized carbons (Fsp3) is 0.200. The molecule has 0 saturated heterocycles. The predicted octanol–water partition coefficient (Wildman–Crippen LogP) is 4.66. The Morgan fingerprint density at radius 2 is 1.87 bits per heavy atom. The maximum Gasteiger partial charge on any atom is 0.221 e.